The van der Waals surface area contributed by atoms with Gasteiger partial charge in [-0.2, -0.15) is 0 Å². The fourth-order valence-electron chi connectivity index (χ4n) is 4.26. The smallest absolute Gasteiger partial charge is 0.406 e. The van der Waals surface area contributed by atoms with Crippen LogP contribution in [0.4, 0.5) is 31.1 Å². The molecule has 38 heavy (non-hydrogen) atoms. The van der Waals surface area contributed by atoms with E-state index in [9.17, 15) is 31.1 Å². The number of amides is 2. The highest BCUT2D eigenvalue weighted by Gasteiger charge is 2.38. The second kappa shape index (κ2) is 10.8. The molecule has 0 radical (unpaired) electrons. The molecule has 202 valence electrons. The van der Waals surface area contributed by atoms with Crippen LogP contribution in [0, 0.1) is 0 Å². The lowest BCUT2D eigenvalue weighted by molar-refractivity contribution is -0.275. The lowest BCUT2D eigenvalue weighted by Crippen LogP contribution is -2.47. The standard InChI is InChI=1S/C27H24F6N2O3/c28-26(29,30)37-22-10-4-8-19(14-22)25(16-18-6-2-1-3-7-18,17-34-24(36)35-21-12-13-21)20-9-5-11-23(15-20)38-27(31,32)33/h1-11,14-15,21H,12-13,16-17H2,(H2,34,35,36). The van der Waals surface area contributed by atoms with Crippen LogP contribution in [0.3, 0.4) is 0 Å². The number of ether oxygens (including phenoxy) is 2. The lowest BCUT2D eigenvalue weighted by Gasteiger charge is -2.36. The Morgan fingerprint density at radius 1 is 0.763 bits per heavy atom. The van der Waals surface area contributed by atoms with Gasteiger partial charge in [0.25, 0.3) is 0 Å². The van der Waals surface area contributed by atoms with E-state index in [1.807, 2.05) is 0 Å². The molecule has 0 aliphatic heterocycles. The van der Waals surface area contributed by atoms with Crippen molar-refractivity contribution in [2.75, 3.05) is 6.54 Å². The number of halogens is 6. The van der Waals surface area contributed by atoms with Gasteiger partial charge < -0.3 is 20.1 Å². The molecule has 0 aromatic heterocycles. The Labute approximate surface area is 214 Å². The fourth-order valence-corrected chi connectivity index (χ4v) is 4.26. The largest absolute Gasteiger partial charge is 0.573 e. The Bertz CT molecular complexity index is 1180. The minimum atomic E-state index is -4.95. The third kappa shape index (κ3) is 7.56. The fraction of sp³-hybridized carbons (Fsp3) is 0.296. The molecule has 0 spiro atoms. The molecule has 0 unspecified atom stereocenters. The van der Waals surface area contributed by atoms with Crippen molar-refractivity contribution in [3.8, 4) is 11.5 Å². The molecule has 1 aliphatic rings. The number of carbonyl (C=O) groups is 1. The molecule has 1 saturated carbocycles. The lowest BCUT2D eigenvalue weighted by atomic mass is 9.70. The Kier molecular flexibility index (Phi) is 7.75. The average molecular weight is 538 g/mol. The Hall–Kier alpha value is -3.89. The highest BCUT2D eigenvalue weighted by Crippen LogP contribution is 2.40. The third-order valence-corrected chi connectivity index (χ3v) is 6.05. The second-order valence-corrected chi connectivity index (χ2v) is 9.00. The highest BCUT2D eigenvalue weighted by molar-refractivity contribution is 5.75. The Balaban J connectivity index is 1.84. The molecular formula is C27H24F6N2O3. The van der Waals surface area contributed by atoms with Gasteiger partial charge in [0.2, 0.25) is 0 Å². The van der Waals surface area contributed by atoms with Gasteiger partial charge in [0.05, 0.1) is 0 Å². The summed E-state index contributed by atoms with van der Waals surface area (Å²) in [6.07, 6.45) is -8.12. The molecule has 0 heterocycles. The number of hydrogen-bond donors (Lipinski definition) is 2. The van der Waals surface area contributed by atoms with Crippen molar-refractivity contribution in [3.63, 3.8) is 0 Å². The van der Waals surface area contributed by atoms with E-state index < -0.39 is 35.7 Å². The summed E-state index contributed by atoms with van der Waals surface area (Å²) in [7, 11) is 0. The molecule has 3 aromatic rings. The maximum absolute atomic E-state index is 13.0. The van der Waals surface area contributed by atoms with Gasteiger partial charge in [-0.25, -0.2) is 4.79 Å². The van der Waals surface area contributed by atoms with E-state index in [0.29, 0.717) is 11.1 Å². The first-order valence-electron chi connectivity index (χ1n) is 11.7. The summed E-state index contributed by atoms with van der Waals surface area (Å²) >= 11 is 0. The van der Waals surface area contributed by atoms with Crippen molar-refractivity contribution in [1.82, 2.24) is 10.6 Å². The van der Waals surface area contributed by atoms with Gasteiger partial charge in [-0.1, -0.05) is 54.6 Å². The molecule has 4 rings (SSSR count). The Morgan fingerprint density at radius 2 is 1.29 bits per heavy atom. The summed E-state index contributed by atoms with van der Waals surface area (Å²) in [4.78, 5) is 12.6. The molecule has 5 nitrogen and oxygen atoms in total. The topological polar surface area (TPSA) is 59.6 Å². The van der Waals surface area contributed by atoms with Crippen LogP contribution >= 0.6 is 0 Å². The molecular weight excluding hydrogens is 514 g/mol. The van der Waals surface area contributed by atoms with E-state index in [1.54, 1.807) is 42.5 Å². The van der Waals surface area contributed by atoms with Crippen LogP contribution in [0.15, 0.2) is 78.9 Å². The highest BCUT2D eigenvalue weighted by atomic mass is 19.4. The number of alkyl halides is 6. The Morgan fingerprint density at radius 3 is 1.76 bits per heavy atom. The number of benzene rings is 3. The van der Waals surface area contributed by atoms with E-state index in [4.69, 9.17) is 0 Å². The number of nitrogens with one attached hydrogen (secondary N) is 2. The molecule has 11 heteroatoms. The zero-order valence-corrected chi connectivity index (χ0v) is 19.9. The SMILES string of the molecule is O=C(NCC(Cc1ccccc1)(c1cccc(OC(F)(F)F)c1)c1cccc(OC(F)(F)F)c1)NC1CC1. The van der Waals surface area contributed by atoms with E-state index in [-0.39, 0.29) is 19.0 Å². The van der Waals surface area contributed by atoms with Gasteiger partial charge in [-0.15, -0.1) is 26.3 Å². The van der Waals surface area contributed by atoms with Crippen molar-refractivity contribution in [2.24, 2.45) is 0 Å². The summed E-state index contributed by atoms with van der Waals surface area (Å²) < 4.78 is 86.4. The number of hydrogen-bond acceptors (Lipinski definition) is 3. The second-order valence-electron chi connectivity index (χ2n) is 9.00. The van der Waals surface area contributed by atoms with E-state index in [0.717, 1.165) is 30.5 Å². The molecule has 0 atom stereocenters. The van der Waals surface area contributed by atoms with E-state index in [2.05, 4.69) is 20.1 Å². The molecule has 0 bridgehead atoms. The van der Waals surface area contributed by atoms with Crippen LogP contribution in [0.1, 0.15) is 29.5 Å². The quantitative estimate of drug-likeness (QED) is 0.307. The molecule has 1 aliphatic carbocycles. The van der Waals surface area contributed by atoms with Gasteiger partial charge in [-0.05, 0) is 60.2 Å². The van der Waals surface area contributed by atoms with Gasteiger partial charge in [0.1, 0.15) is 11.5 Å². The number of rotatable bonds is 9. The average Bonchev–Trinajstić information content (AvgIpc) is 3.64. The van der Waals surface area contributed by atoms with Crippen LogP contribution < -0.4 is 20.1 Å². The van der Waals surface area contributed by atoms with E-state index >= 15 is 0 Å². The summed E-state index contributed by atoms with van der Waals surface area (Å²) in [6, 6.07) is 18.8. The van der Waals surface area contributed by atoms with E-state index in [1.165, 1.54) is 24.3 Å². The predicted molar refractivity (Wildman–Crippen MR) is 127 cm³/mol. The summed E-state index contributed by atoms with van der Waals surface area (Å²) in [5.74, 6) is -1.00. The van der Waals surface area contributed by atoms with Crippen LogP contribution in [0.2, 0.25) is 0 Å². The molecule has 0 saturated heterocycles. The zero-order valence-electron chi connectivity index (χ0n) is 19.9. The minimum absolute atomic E-state index is 0.0329. The summed E-state index contributed by atoms with van der Waals surface area (Å²) in [6.45, 7) is -0.147. The van der Waals surface area contributed by atoms with Crippen LogP contribution in [-0.2, 0) is 11.8 Å². The maximum Gasteiger partial charge on any atom is 0.573 e. The van der Waals surface area contributed by atoms with Gasteiger partial charge in [-0.3, -0.25) is 0 Å². The number of urea groups is 1. The van der Waals surface area contributed by atoms with Crippen molar-refractivity contribution < 1.29 is 40.6 Å². The van der Waals surface area contributed by atoms with Crippen molar-refractivity contribution in [2.45, 2.75) is 43.4 Å². The molecule has 2 amide bonds. The van der Waals surface area contributed by atoms with Crippen molar-refractivity contribution >= 4 is 6.03 Å². The van der Waals surface area contributed by atoms with Crippen LogP contribution in [-0.4, -0.2) is 31.3 Å². The molecule has 1 fully saturated rings. The predicted octanol–water partition coefficient (Wildman–Crippen LogP) is 6.47. The minimum Gasteiger partial charge on any atom is -0.406 e. The first kappa shape index (κ1) is 27.2. The summed E-state index contributed by atoms with van der Waals surface area (Å²) in [5.41, 5.74) is 0.0113. The van der Waals surface area contributed by atoms with Gasteiger partial charge >= 0.3 is 18.8 Å². The van der Waals surface area contributed by atoms with Gasteiger partial charge in [0.15, 0.2) is 0 Å². The van der Waals surface area contributed by atoms with Gasteiger partial charge in [0, 0.05) is 18.0 Å². The zero-order chi connectivity index (χ0) is 27.4. The summed E-state index contributed by atoms with van der Waals surface area (Å²) in [5, 5.41) is 5.55. The first-order chi connectivity index (χ1) is 17.9. The van der Waals surface area contributed by atoms with Crippen LogP contribution in [0.5, 0.6) is 11.5 Å². The molecule has 2 N–H and O–H groups in total. The maximum atomic E-state index is 13.0. The van der Waals surface area contributed by atoms with Crippen LogP contribution in [0.25, 0.3) is 0 Å². The van der Waals surface area contributed by atoms with Crippen molar-refractivity contribution in [3.05, 3.63) is 95.6 Å². The first-order valence-corrected chi connectivity index (χ1v) is 11.7. The van der Waals surface area contributed by atoms with Crippen molar-refractivity contribution in [1.29, 1.82) is 0 Å². The normalized spacial score (nSPS) is 14.1. The monoisotopic (exact) mass is 538 g/mol. The third-order valence-electron chi connectivity index (χ3n) is 6.05. The number of carbonyl (C=O) groups excluding carboxylic acids is 1. The molecule has 3 aromatic carbocycles.